The molecule has 90 valence electrons. The Morgan fingerprint density at radius 3 is 2.44 bits per heavy atom. The second-order valence-electron chi connectivity index (χ2n) is 3.89. The van der Waals surface area contributed by atoms with E-state index in [4.69, 9.17) is 17.4 Å². The molecule has 0 bridgehead atoms. The van der Waals surface area contributed by atoms with Crippen molar-refractivity contribution in [3.63, 3.8) is 0 Å². The van der Waals surface area contributed by atoms with Crippen LogP contribution in [0.4, 0.5) is 4.39 Å². The number of hydrogen-bond donors (Lipinski definition) is 2. The van der Waals surface area contributed by atoms with E-state index in [-0.39, 0.29) is 11.1 Å². The lowest BCUT2D eigenvalue weighted by atomic mass is 9.89. The van der Waals surface area contributed by atoms with Gasteiger partial charge in [-0.2, -0.15) is 0 Å². The van der Waals surface area contributed by atoms with Crippen molar-refractivity contribution < 1.29 is 4.39 Å². The number of halogens is 2. The highest BCUT2D eigenvalue weighted by Gasteiger charge is 2.19. The van der Waals surface area contributed by atoms with Crippen LogP contribution < -0.4 is 11.3 Å². The van der Waals surface area contributed by atoms with Crippen LogP contribution in [0, 0.1) is 11.7 Å². The van der Waals surface area contributed by atoms with Crippen LogP contribution in [0.2, 0.25) is 5.02 Å². The first kappa shape index (κ1) is 13.4. The van der Waals surface area contributed by atoms with Crippen molar-refractivity contribution in [3.05, 3.63) is 34.6 Å². The predicted molar refractivity (Wildman–Crippen MR) is 65.5 cm³/mol. The molecule has 0 aliphatic rings. The lowest BCUT2D eigenvalue weighted by molar-refractivity contribution is 0.345. The van der Waals surface area contributed by atoms with Gasteiger partial charge in [-0.05, 0) is 23.6 Å². The van der Waals surface area contributed by atoms with Crippen molar-refractivity contribution in [2.45, 2.75) is 32.7 Å². The summed E-state index contributed by atoms with van der Waals surface area (Å²) in [5.41, 5.74) is 3.72. The third-order valence-corrected chi connectivity index (χ3v) is 3.29. The quantitative estimate of drug-likeness (QED) is 0.615. The van der Waals surface area contributed by atoms with Crippen molar-refractivity contribution >= 4 is 11.6 Å². The van der Waals surface area contributed by atoms with Crippen LogP contribution >= 0.6 is 11.6 Å². The third-order valence-electron chi connectivity index (χ3n) is 3.00. The minimum atomic E-state index is -0.397. The van der Waals surface area contributed by atoms with Crippen LogP contribution in [0.5, 0.6) is 0 Å². The maximum Gasteiger partial charge on any atom is 0.141 e. The van der Waals surface area contributed by atoms with Gasteiger partial charge in [0.2, 0.25) is 0 Å². The molecule has 0 aromatic heterocycles. The van der Waals surface area contributed by atoms with Gasteiger partial charge in [-0.3, -0.25) is 11.3 Å². The average molecular weight is 245 g/mol. The van der Waals surface area contributed by atoms with Gasteiger partial charge in [0.15, 0.2) is 0 Å². The lowest BCUT2D eigenvalue weighted by Gasteiger charge is -2.25. The molecule has 1 aromatic rings. The molecule has 0 aliphatic heterocycles. The summed E-state index contributed by atoms with van der Waals surface area (Å²) < 4.78 is 13.0. The second kappa shape index (κ2) is 6.18. The van der Waals surface area contributed by atoms with Crippen LogP contribution in [0.3, 0.4) is 0 Å². The van der Waals surface area contributed by atoms with Crippen molar-refractivity contribution in [2.24, 2.45) is 11.8 Å². The van der Waals surface area contributed by atoms with Crippen LogP contribution in [-0.2, 0) is 0 Å². The van der Waals surface area contributed by atoms with Crippen LogP contribution in [-0.4, -0.2) is 0 Å². The van der Waals surface area contributed by atoms with Crippen molar-refractivity contribution in [1.29, 1.82) is 0 Å². The number of nitrogens with one attached hydrogen (secondary N) is 1. The first-order chi connectivity index (χ1) is 7.63. The van der Waals surface area contributed by atoms with E-state index < -0.39 is 5.82 Å². The molecular formula is C12H18ClFN2. The Kier molecular flexibility index (Phi) is 5.19. The molecule has 1 rings (SSSR count). The fraction of sp³-hybridized carbons (Fsp3) is 0.500. The number of rotatable bonds is 5. The molecule has 1 atom stereocenters. The van der Waals surface area contributed by atoms with Gasteiger partial charge in [0, 0.05) is 6.04 Å². The van der Waals surface area contributed by atoms with Crippen LogP contribution in [0.15, 0.2) is 18.2 Å². The Morgan fingerprint density at radius 1 is 1.38 bits per heavy atom. The molecule has 0 spiro atoms. The topological polar surface area (TPSA) is 38.0 Å². The summed E-state index contributed by atoms with van der Waals surface area (Å²) in [5.74, 6) is 5.58. The predicted octanol–water partition coefficient (Wildman–Crippen LogP) is 3.42. The maximum atomic E-state index is 13.0. The highest BCUT2D eigenvalue weighted by molar-refractivity contribution is 6.30. The molecule has 16 heavy (non-hydrogen) atoms. The average Bonchev–Trinajstić information content (AvgIpc) is 2.29. The monoisotopic (exact) mass is 244 g/mol. The van der Waals surface area contributed by atoms with Crippen molar-refractivity contribution in [3.8, 4) is 0 Å². The smallest absolute Gasteiger partial charge is 0.141 e. The summed E-state index contributed by atoms with van der Waals surface area (Å²) in [7, 11) is 0. The Labute approximate surface area is 101 Å². The van der Waals surface area contributed by atoms with Crippen LogP contribution in [0.25, 0.3) is 0 Å². The summed E-state index contributed by atoms with van der Waals surface area (Å²) in [6, 6.07) is 4.77. The molecule has 1 unspecified atom stereocenters. The summed E-state index contributed by atoms with van der Waals surface area (Å²) in [5, 5.41) is 0.142. The maximum absolute atomic E-state index is 13.0. The molecular weight excluding hydrogens is 227 g/mol. The van der Waals surface area contributed by atoms with Gasteiger partial charge in [0.05, 0.1) is 5.02 Å². The van der Waals surface area contributed by atoms with E-state index in [0.29, 0.717) is 5.92 Å². The Morgan fingerprint density at radius 2 is 2.00 bits per heavy atom. The molecule has 0 fully saturated rings. The van der Waals surface area contributed by atoms with Gasteiger partial charge in [-0.1, -0.05) is 44.4 Å². The van der Waals surface area contributed by atoms with Crippen molar-refractivity contribution in [2.75, 3.05) is 0 Å². The van der Waals surface area contributed by atoms with E-state index in [1.807, 2.05) is 0 Å². The van der Waals surface area contributed by atoms with E-state index >= 15 is 0 Å². The van der Waals surface area contributed by atoms with Crippen molar-refractivity contribution in [1.82, 2.24) is 5.43 Å². The standard InChI is InChI=1S/C12H18ClFN2/c1-3-8(4-2)12(16-15)9-5-6-11(14)10(13)7-9/h5-8,12,16H,3-4,15H2,1-2H3. The second-order valence-corrected chi connectivity index (χ2v) is 4.30. The Hall–Kier alpha value is -0.640. The molecule has 3 N–H and O–H groups in total. The SMILES string of the molecule is CCC(CC)C(NN)c1ccc(F)c(Cl)c1. The summed E-state index contributed by atoms with van der Waals surface area (Å²) in [6.07, 6.45) is 2.03. The minimum absolute atomic E-state index is 0.0214. The molecule has 0 saturated carbocycles. The van der Waals surface area contributed by atoms with Gasteiger partial charge in [-0.25, -0.2) is 4.39 Å². The summed E-state index contributed by atoms with van der Waals surface area (Å²) in [6.45, 7) is 4.23. The highest BCUT2D eigenvalue weighted by atomic mass is 35.5. The molecule has 0 radical (unpaired) electrons. The lowest BCUT2D eigenvalue weighted by Crippen LogP contribution is -2.33. The summed E-state index contributed by atoms with van der Waals surface area (Å²) in [4.78, 5) is 0. The molecule has 0 heterocycles. The Bertz CT molecular complexity index is 340. The number of hydrogen-bond acceptors (Lipinski definition) is 2. The highest BCUT2D eigenvalue weighted by Crippen LogP contribution is 2.29. The van der Waals surface area contributed by atoms with E-state index in [2.05, 4.69) is 19.3 Å². The molecule has 0 amide bonds. The first-order valence-electron chi connectivity index (χ1n) is 5.55. The van der Waals surface area contributed by atoms with Gasteiger partial charge in [0.1, 0.15) is 5.82 Å². The number of benzene rings is 1. The van der Waals surface area contributed by atoms with Gasteiger partial charge in [-0.15, -0.1) is 0 Å². The van der Waals surface area contributed by atoms with E-state index in [9.17, 15) is 4.39 Å². The third kappa shape index (κ3) is 2.94. The van der Waals surface area contributed by atoms with Gasteiger partial charge in [0.25, 0.3) is 0 Å². The zero-order chi connectivity index (χ0) is 12.1. The number of hydrazine groups is 1. The molecule has 4 heteroatoms. The number of nitrogens with two attached hydrogens (primary N) is 1. The normalized spacial score (nSPS) is 13.1. The Balaban J connectivity index is 2.98. The first-order valence-corrected chi connectivity index (χ1v) is 5.92. The van der Waals surface area contributed by atoms with Gasteiger partial charge >= 0.3 is 0 Å². The zero-order valence-electron chi connectivity index (χ0n) is 9.63. The van der Waals surface area contributed by atoms with Crippen LogP contribution in [0.1, 0.15) is 38.3 Å². The minimum Gasteiger partial charge on any atom is -0.271 e. The molecule has 1 aromatic carbocycles. The molecule has 0 saturated heterocycles. The fourth-order valence-electron chi connectivity index (χ4n) is 1.97. The molecule has 2 nitrogen and oxygen atoms in total. The van der Waals surface area contributed by atoms with E-state index in [1.165, 1.54) is 6.07 Å². The largest absolute Gasteiger partial charge is 0.271 e. The van der Waals surface area contributed by atoms with E-state index in [0.717, 1.165) is 18.4 Å². The fourth-order valence-corrected chi connectivity index (χ4v) is 2.16. The van der Waals surface area contributed by atoms with E-state index in [1.54, 1.807) is 12.1 Å². The van der Waals surface area contributed by atoms with Gasteiger partial charge < -0.3 is 0 Å². The molecule has 0 aliphatic carbocycles. The summed E-state index contributed by atoms with van der Waals surface area (Å²) >= 11 is 5.76. The zero-order valence-corrected chi connectivity index (χ0v) is 10.4.